The molecule has 2 aliphatic heterocycles. The molecule has 8 heteroatoms. The SMILES string of the molecule is COC(=O)[C@@]12COC[C@@H]1CN(C(=O)CCS(=O)(=O)c1ccccc1)C2. The molecule has 2 atom stereocenters. The molecule has 0 N–H and O–H groups in total. The van der Waals surface area contributed by atoms with Crippen LogP contribution in [0, 0.1) is 11.3 Å². The summed E-state index contributed by atoms with van der Waals surface area (Å²) in [6.45, 7) is 1.24. The van der Waals surface area contributed by atoms with Gasteiger partial charge < -0.3 is 14.4 Å². The van der Waals surface area contributed by atoms with Gasteiger partial charge in [-0.25, -0.2) is 8.42 Å². The van der Waals surface area contributed by atoms with Gasteiger partial charge in [0, 0.05) is 25.4 Å². The van der Waals surface area contributed by atoms with E-state index >= 15 is 0 Å². The molecule has 1 aromatic rings. The maximum absolute atomic E-state index is 12.5. The van der Waals surface area contributed by atoms with Gasteiger partial charge in [-0.1, -0.05) is 18.2 Å². The molecule has 7 nitrogen and oxygen atoms in total. The summed E-state index contributed by atoms with van der Waals surface area (Å²) in [5.41, 5.74) is -0.817. The topological polar surface area (TPSA) is 90.0 Å². The molecule has 0 saturated carbocycles. The maximum atomic E-state index is 12.5. The number of ether oxygens (including phenoxy) is 2. The van der Waals surface area contributed by atoms with Crippen LogP contribution in [0.2, 0.25) is 0 Å². The summed E-state index contributed by atoms with van der Waals surface area (Å²) in [4.78, 5) is 26.4. The summed E-state index contributed by atoms with van der Waals surface area (Å²) < 4.78 is 34.9. The Labute approximate surface area is 146 Å². The Morgan fingerprint density at radius 1 is 1.32 bits per heavy atom. The van der Waals surface area contributed by atoms with Gasteiger partial charge in [0.1, 0.15) is 5.41 Å². The molecule has 0 bridgehead atoms. The molecule has 2 aliphatic rings. The molecule has 1 aromatic carbocycles. The second-order valence-corrected chi connectivity index (χ2v) is 8.63. The average molecular weight is 367 g/mol. The molecule has 0 unspecified atom stereocenters. The summed E-state index contributed by atoms with van der Waals surface area (Å²) in [5, 5.41) is 0. The van der Waals surface area contributed by atoms with Crippen molar-refractivity contribution in [1.82, 2.24) is 4.90 Å². The fourth-order valence-corrected chi connectivity index (χ4v) is 4.79. The number of nitrogens with zero attached hydrogens (tertiary/aromatic N) is 1. The number of hydrogen-bond acceptors (Lipinski definition) is 6. The highest BCUT2D eigenvalue weighted by Gasteiger charge is 2.57. The third-order valence-corrected chi connectivity index (χ3v) is 6.74. The normalized spacial score (nSPS) is 25.6. The first-order valence-electron chi connectivity index (χ1n) is 8.11. The molecule has 1 amide bonds. The maximum Gasteiger partial charge on any atom is 0.316 e. The smallest absolute Gasteiger partial charge is 0.316 e. The second kappa shape index (κ2) is 6.76. The van der Waals surface area contributed by atoms with Gasteiger partial charge in [0.05, 0.1) is 31.0 Å². The molecule has 2 fully saturated rings. The Morgan fingerprint density at radius 2 is 2.04 bits per heavy atom. The van der Waals surface area contributed by atoms with Crippen molar-refractivity contribution < 1.29 is 27.5 Å². The van der Waals surface area contributed by atoms with Crippen LogP contribution in [-0.4, -0.2) is 64.4 Å². The Bertz CT molecular complexity index is 763. The van der Waals surface area contributed by atoms with Crippen LogP contribution in [0.3, 0.4) is 0 Å². The minimum absolute atomic E-state index is 0.102. The third-order valence-electron chi connectivity index (χ3n) is 5.01. The molecule has 136 valence electrons. The minimum Gasteiger partial charge on any atom is -0.468 e. The first-order chi connectivity index (χ1) is 11.9. The van der Waals surface area contributed by atoms with Crippen LogP contribution in [0.25, 0.3) is 0 Å². The fourth-order valence-electron chi connectivity index (χ4n) is 3.54. The van der Waals surface area contributed by atoms with E-state index < -0.39 is 15.3 Å². The molecule has 0 aliphatic carbocycles. The number of carbonyl (C=O) groups excluding carboxylic acids is 2. The van der Waals surface area contributed by atoms with E-state index in [0.29, 0.717) is 13.2 Å². The van der Waals surface area contributed by atoms with Crippen LogP contribution in [-0.2, 0) is 28.9 Å². The van der Waals surface area contributed by atoms with Crippen molar-refractivity contribution in [2.24, 2.45) is 11.3 Å². The molecule has 0 radical (unpaired) electrons. The van der Waals surface area contributed by atoms with E-state index in [0.717, 1.165) is 0 Å². The van der Waals surface area contributed by atoms with E-state index in [1.54, 1.807) is 23.1 Å². The van der Waals surface area contributed by atoms with Gasteiger partial charge in [-0.05, 0) is 12.1 Å². The van der Waals surface area contributed by atoms with Crippen LogP contribution in [0.5, 0.6) is 0 Å². The zero-order chi connectivity index (χ0) is 18.1. The highest BCUT2D eigenvalue weighted by molar-refractivity contribution is 7.91. The number of benzene rings is 1. The molecule has 2 heterocycles. The lowest BCUT2D eigenvalue weighted by Crippen LogP contribution is -2.41. The van der Waals surface area contributed by atoms with Gasteiger partial charge in [-0.15, -0.1) is 0 Å². The van der Waals surface area contributed by atoms with E-state index in [4.69, 9.17) is 9.47 Å². The van der Waals surface area contributed by atoms with E-state index in [-0.39, 0.29) is 48.0 Å². The van der Waals surface area contributed by atoms with Gasteiger partial charge in [0.15, 0.2) is 9.84 Å². The van der Waals surface area contributed by atoms with E-state index in [9.17, 15) is 18.0 Å². The fraction of sp³-hybridized carbons (Fsp3) is 0.529. The first kappa shape index (κ1) is 17.9. The quantitative estimate of drug-likeness (QED) is 0.704. The number of likely N-dealkylation sites (tertiary alicyclic amines) is 1. The summed E-state index contributed by atoms with van der Waals surface area (Å²) in [6.07, 6.45) is -0.109. The van der Waals surface area contributed by atoms with Crippen molar-refractivity contribution in [3.63, 3.8) is 0 Å². The minimum atomic E-state index is -3.50. The van der Waals surface area contributed by atoms with Crippen molar-refractivity contribution in [3.05, 3.63) is 30.3 Å². The lowest BCUT2D eigenvalue weighted by atomic mass is 9.81. The van der Waals surface area contributed by atoms with E-state index in [2.05, 4.69) is 0 Å². The van der Waals surface area contributed by atoms with Gasteiger partial charge in [-0.3, -0.25) is 9.59 Å². The number of methoxy groups -OCH3 is 1. The predicted octanol–water partition coefficient (Wildman–Crippen LogP) is 0.498. The van der Waals surface area contributed by atoms with Gasteiger partial charge >= 0.3 is 5.97 Å². The monoisotopic (exact) mass is 367 g/mol. The molecule has 3 rings (SSSR count). The van der Waals surface area contributed by atoms with Crippen LogP contribution < -0.4 is 0 Å². The molecular formula is C17H21NO6S. The lowest BCUT2D eigenvalue weighted by Gasteiger charge is -2.23. The molecular weight excluding hydrogens is 346 g/mol. The summed E-state index contributed by atoms with van der Waals surface area (Å²) >= 11 is 0. The van der Waals surface area contributed by atoms with Crippen molar-refractivity contribution in [2.75, 3.05) is 39.2 Å². The number of amides is 1. The van der Waals surface area contributed by atoms with E-state index in [1.807, 2.05) is 0 Å². The first-order valence-corrected chi connectivity index (χ1v) is 9.76. The van der Waals surface area contributed by atoms with Gasteiger partial charge in [0.25, 0.3) is 0 Å². The molecule has 2 saturated heterocycles. The van der Waals surface area contributed by atoms with Crippen molar-refractivity contribution in [1.29, 1.82) is 0 Å². The van der Waals surface area contributed by atoms with Crippen LogP contribution >= 0.6 is 0 Å². The Balaban J connectivity index is 1.64. The van der Waals surface area contributed by atoms with Crippen molar-refractivity contribution in [2.45, 2.75) is 11.3 Å². The Morgan fingerprint density at radius 3 is 2.72 bits per heavy atom. The largest absolute Gasteiger partial charge is 0.468 e. The standard InChI is InChI=1S/C17H21NO6S/c1-23-16(20)17-11-18(9-13(17)10-24-12-17)15(19)7-8-25(21,22)14-5-3-2-4-6-14/h2-6,13H,7-12H2,1H3/t13-,17-/m0/s1. The highest BCUT2D eigenvalue weighted by atomic mass is 32.2. The number of hydrogen-bond donors (Lipinski definition) is 0. The highest BCUT2D eigenvalue weighted by Crippen LogP contribution is 2.42. The zero-order valence-electron chi connectivity index (χ0n) is 14.0. The van der Waals surface area contributed by atoms with Crippen LogP contribution in [0.4, 0.5) is 0 Å². The van der Waals surface area contributed by atoms with Crippen molar-refractivity contribution >= 4 is 21.7 Å². The summed E-state index contributed by atoms with van der Waals surface area (Å²) in [5.74, 6) is -0.993. The van der Waals surface area contributed by atoms with Gasteiger partial charge in [-0.2, -0.15) is 0 Å². The zero-order valence-corrected chi connectivity index (χ0v) is 14.8. The predicted molar refractivity (Wildman–Crippen MR) is 88.4 cm³/mol. The average Bonchev–Trinajstić information content (AvgIpc) is 3.18. The summed E-state index contributed by atoms with van der Waals surface area (Å²) in [6, 6.07) is 8.07. The number of rotatable bonds is 5. The lowest BCUT2D eigenvalue weighted by molar-refractivity contribution is -0.153. The number of sulfone groups is 1. The number of esters is 1. The molecule has 0 spiro atoms. The Kier molecular flexibility index (Phi) is 4.83. The molecule has 0 aromatic heterocycles. The third kappa shape index (κ3) is 3.28. The van der Waals surface area contributed by atoms with Crippen LogP contribution in [0.1, 0.15) is 6.42 Å². The van der Waals surface area contributed by atoms with Crippen molar-refractivity contribution in [3.8, 4) is 0 Å². The summed E-state index contributed by atoms with van der Waals surface area (Å²) in [7, 11) is -2.18. The number of fused-ring (bicyclic) bond motifs is 1. The van der Waals surface area contributed by atoms with Gasteiger partial charge in [0.2, 0.25) is 5.91 Å². The van der Waals surface area contributed by atoms with Crippen LogP contribution in [0.15, 0.2) is 35.2 Å². The van der Waals surface area contributed by atoms with E-state index in [1.165, 1.54) is 19.2 Å². The number of carbonyl (C=O) groups is 2. The molecule has 25 heavy (non-hydrogen) atoms. The Hall–Kier alpha value is -1.93. The second-order valence-electron chi connectivity index (χ2n) is 6.52.